The second-order valence-electron chi connectivity index (χ2n) is 7.83. The predicted octanol–water partition coefficient (Wildman–Crippen LogP) is 3.43. The minimum Gasteiger partial charge on any atom is -0.478 e. The van der Waals surface area contributed by atoms with Crippen LogP contribution in [0.25, 0.3) is 0 Å². The number of amides is 2. The highest BCUT2D eigenvalue weighted by atomic mass is 16.7. The number of benzene rings is 3. The van der Waals surface area contributed by atoms with E-state index >= 15 is 0 Å². The highest BCUT2D eigenvalue weighted by Crippen LogP contribution is 2.46. The number of imide groups is 1. The second kappa shape index (κ2) is 7.94. The van der Waals surface area contributed by atoms with Crippen LogP contribution in [0.2, 0.25) is 0 Å². The lowest BCUT2D eigenvalue weighted by Crippen LogP contribution is -2.36. The number of fused-ring (bicyclic) bond motifs is 1. The first-order valence-corrected chi connectivity index (χ1v) is 10.3. The largest absolute Gasteiger partial charge is 0.478 e. The lowest BCUT2D eigenvalue weighted by Gasteiger charge is -2.28. The zero-order chi connectivity index (χ0) is 22.2. The topological polar surface area (TPSA) is 87.2 Å². The van der Waals surface area contributed by atoms with E-state index in [0.29, 0.717) is 11.3 Å². The SMILES string of the molecule is O=C(O)c1ccc([C@H]2[C@H]3C(=O)N(Cc4ccccc4)C(=O)[C@H]3ON2c2ccccc2)cc1. The second-order valence-corrected chi connectivity index (χ2v) is 7.83. The molecule has 0 aliphatic carbocycles. The number of aromatic carboxylic acids is 1. The van der Waals surface area contributed by atoms with E-state index in [9.17, 15) is 19.5 Å². The Morgan fingerprint density at radius 3 is 2.09 bits per heavy atom. The molecule has 32 heavy (non-hydrogen) atoms. The summed E-state index contributed by atoms with van der Waals surface area (Å²) in [5, 5.41) is 10.8. The monoisotopic (exact) mass is 428 g/mol. The van der Waals surface area contributed by atoms with Crippen LogP contribution in [0.15, 0.2) is 84.9 Å². The third-order valence-electron chi connectivity index (χ3n) is 5.90. The molecule has 7 nitrogen and oxygen atoms in total. The molecule has 0 aromatic heterocycles. The fourth-order valence-electron chi connectivity index (χ4n) is 4.35. The van der Waals surface area contributed by atoms with Crippen molar-refractivity contribution in [1.29, 1.82) is 0 Å². The Bertz CT molecular complexity index is 1160. The van der Waals surface area contributed by atoms with Crippen molar-refractivity contribution in [3.05, 3.63) is 102 Å². The van der Waals surface area contributed by atoms with Gasteiger partial charge in [-0.3, -0.25) is 19.3 Å². The summed E-state index contributed by atoms with van der Waals surface area (Å²) in [5.41, 5.74) is 2.42. The number of hydroxylamine groups is 1. The lowest BCUT2D eigenvalue weighted by atomic mass is 9.90. The number of carboxylic acids is 1. The Morgan fingerprint density at radius 2 is 1.47 bits per heavy atom. The molecule has 2 amide bonds. The summed E-state index contributed by atoms with van der Waals surface area (Å²) in [5.74, 6) is -2.43. The van der Waals surface area contributed by atoms with Gasteiger partial charge < -0.3 is 5.11 Å². The number of carbonyl (C=O) groups excluding carboxylic acids is 2. The Morgan fingerprint density at radius 1 is 0.844 bits per heavy atom. The van der Waals surface area contributed by atoms with Crippen LogP contribution in [0.5, 0.6) is 0 Å². The zero-order valence-electron chi connectivity index (χ0n) is 17.0. The van der Waals surface area contributed by atoms with Crippen LogP contribution in [0.4, 0.5) is 5.69 Å². The molecular weight excluding hydrogens is 408 g/mol. The van der Waals surface area contributed by atoms with E-state index in [0.717, 1.165) is 5.56 Å². The van der Waals surface area contributed by atoms with Gasteiger partial charge in [0.15, 0.2) is 6.10 Å². The van der Waals surface area contributed by atoms with E-state index in [-0.39, 0.29) is 23.9 Å². The van der Waals surface area contributed by atoms with Crippen molar-refractivity contribution in [1.82, 2.24) is 4.90 Å². The van der Waals surface area contributed by atoms with Gasteiger partial charge in [0.25, 0.3) is 5.91 Å². The molecule has 0 unspecified atom stereocenters. The molecule has 2 saturated heterocycles. The third-order valence-corrected chi connectivity index (χ3v) is 5.90. The maximum absolute atomic E-state index is 13.4. The van der Waals surface area contributed by atoms with Crippen LogP contribution in [-0.2, 0) is 21.0 Å². The number of nitrogens with zero attached hydrogens (tertiary/aromatic N) is 2. The molecule has 1 N–H and O–H groups in total. The normalized spacial score (nSPS) is 22.3. The summed E-state index contributed by atoms with van der Waals surface area (Å²) < 4.78 is 0. The molecule has 5 rings (SSSR count). The fraction of sp³-hybridized carbons (Fsp3) is 0.160. The number of carboxylic acid groups (broad SMARTS) is 1. The maximum atomic E-state index is 13.4. The van der Waals surface area contributed by atoms with Gasteiger partial charge in [-0.2, -0.15) is 0 Å². The van der Waals surface area contributed by atoms with Crippen molar-refractivity contribution in [2.75, 3.05) is 5.06 Å². The molecule has 160 valence electrons. The van der Waals surface area contributed by atoms with Crippen molar-refractivity contribution in [3.63, 3.8) is 0 Å². The van der Waals surface area contributed by atoms with Crippen LogP contribution in [-0.4, -0.2) is 33.9 Å². The van der Waals surface area contributed by atoms with Crippen molar-refractivity contribution in [3.8, 4) is 0 Å². The number of anilines is 1. The molecule has 2 aliphatic heterocycles. The van der Waals surface area contributed by atoms with Gasteiger partial charge >= 0.3 is 5.97 Å². The summed E-state index contributed by atoms with van der Waals surface area (Å²) in [4.78, 5) is 45.2. The van der Waals surface area contributed by atoms with Gasteiger partial charge in [-0.25, -0.2) is 9.86 Å². The highest BCUT2D eigenvalue weighted by Gasteiger charge is 2.59. The number of carbonyl (C=O) groups is 3. The molecule has 3 aromatic rings. The average molecular weight is 428 g/mol. The van der Waals surface area contributed by atoms with Gasteiger partial charge in [-0.1, -0.05) is 60.7 Å². The van der Waals surface area contributed by atoms with Crippen molar-refractivity contribution in [2.45, 2.75) is 18.7 Å². The van der Waals surface area contributed by atoms with E-state index in [4.69, 9.17) is 4.84 Å². The van der Waals surface area contributed by atoms with Crippen LogP contribution in [0, 0.1) is 5.92 Å². The number of rotatable bonds is 5. The standard InChI is InChI=1S/C25H20N2O5/c28-23-20-21(17-11-13-18(14-12-17)25(30)31)27(19-9-5-2-6-10-19)32-22(20)24(29)26(23)15-16-7-3-1-4-8-16/h1-14,20-22H,15H2,(H,30,31)/t20-,21+,22+/m1/s1. The van der Waals surface area contributed by atoms with E-state index in [1.165, 1.54) is 17.0 Å². The van der Waals surface area contributed by atoms with Gasteiger partial charge in [0, 0.05) is 0 Å². The quantitative estimate of drug-likeness (QED) is 0.627. The minimum absolute atomic E-state index is 0.148. The average Bonchev–Trinajstić information content (AvgIpc) is 3.32. The molecule has 0 radical (unpaired) electrons. The number of likely N-dealkylation sites (tertiary alicyclic amines) is 1. The van der Waals surface area contributed by atoms with Gasteiger partial charge in [0.05, 0.1) is 23.8 Å². The Hall–Kier alpha value is -3.97. The smallest absolute Gasteiger partial charge is 0.335 e. The summed E-state index contributed by atoms with van der Waals surface area (Å²) in [6, 6.07) is 24.4. The molecule has 0 spiro atoms. The first-order valence-electron chi connectivity index (χ1n) is 10.3. The number of para-hydroxylation sites is 1. The first kappa shape index (κ1) is 20.0. The molecule has 3 aromatic carbocycles. The predicted molar refractivity (Wildman–Crippen MR) is 115 cm³/mol. The fourth-order valence-corrected chi connectivity index (χ4v) is 4.35. The molecule has 2 aliphatic rings. The first-order chi connectivity index (χ1) is 15.5. The lowest BCUT2D eigenvalue weighted by molar-refractivity contribution is -0.143. The van der Waals surface area contributed by atoms with Crippen molar-refractivity contribution < 1.29 is 24.3 Å². The molecular formula is C25H20N2O5. The van der Waals surface area contributed by atoms with Gasteiger partial charge in [-0.05, 0) is 35.4 Å². The van der Waals surface area contributed by atoms with E-state index < -0.39 is 24.0 Å². The Balaban J connectivity index is 1.52. The van der Waals surface area contributed by atoms with Gasteiger partial charge in [0.2, 0.25) is 5.91 Å². The van der Waals surface area contributed by atoms with E-state index in [2.05, 4.69) is 0 Å². The summed E-state index contributed by atoms with van der Waals surface area (Å²) in [7, 11) is 0. The van der Waals surface area contributed by atoms with Crippen LogP contribution in [0.3, 0.4) is 0 Å². The molecule has 2 heterocycles. The van der Waals surface area contributed by atoms with Crippen molar-refractivity contribution >= 4 is 23.5 Å². The molecule has 0 saturated carbocycles. The highest BCUT2D eigenvalue weighted by molar-refractivity contribution is 6.07. The van der Waals surface area contributed by atoms with Crippen molar-refractivity contribution in [2.24, 2.45) is 5.92 Å². The van der Waals surface area contributed by atoms with Gasteiger partial charge in [0.1, 0.15) is 5.92 Å². The molecule has 2 fully saturated rings. The number of hydrogen-bond donors (Lipinski definition) is 1. The Kier molecular flexibility index (Phi) is 4.95. The molecule has 3 atom stereocenters. The van der Waals surface area contributed by atoms with E-state index in [1.54, 1.807) is 17.2 Å². The Labute approximate surface area is 184 Å². The van der Waals surface area contributed by atoms with Gasteiger partial charge in [-0.15, -0.1) is 0 Å². The van der Waals surface area contributed by atoms with E-state index in [1.807, 2.05) is 60.7 Å². The van der Waals surface area contributed by atoms with Crippen LogP contribution in [0.1, 0.15) is 27.5 Å². The minimum atomic E-state index is -1.03. The maximum Gasteiger partial charge on any atom is 0.335 e. The summed E-state index contributed by atoms with van der Waals surface area (Å²) in [6.45, 7) is 0.185. The van der Waals surface area contributed by atoms with Crippen LogP contribution < -0.4 is 5.06 Å². The number of hydrogen-bond acceptors (Lipinski definition) is 5. The summed E-state index contributed by atoms with van der Waals surface area (Å²) in [6.07, 6.45) is -0.935. The zero-order valence-corrected chi connectivity index (χ0v) is 17.0. The van der Waals surface area contributed by atoms with Crippen LogP contribution >= 0.6 is 0 Å². The summed E-state index contributed by atoms with van der Waals surface area (Å²) >= 11 is 0. The molecule has 7 heteroatoms. The molecule has 0 bridgehead atoms. The third kappa shape index (κ3) is 3.33.